The third-order valence-electron chi connectivity index (χ3n) is 8.34. The molecule has 0 N–H and O–H groups in total. The number of rotatable bonds is 4. The molecule has 0 aliphatic heterocycles. The fourth-order valence-corrected chi connectivity index (χ4v) is 4.77. The van der Waals surface area contributed by atoms with Crippen molar-refractivity contribution in [1.82, 2.24) is 0 Å². The van der Waals surface area contributed by atoms with E-state index in [2.05, 4.69) is 41.9 Å². The summed E-state index contributed by atoms with van der Waals surface area (Å²) in [5, 5.41) is 0. The standard InChI is InChI=1S/C24H4BF16.C7H18N/c26-5-1-9(30)17(34)21(38)13(5)25(14-6(27)2-10(31)18(35)22(14)39,15-7(28)3-11(32)19(36)23(15)40)16-8(29)4-12(33)20(37)24(16)41;1-7(2,3)8(4,5)6/h1-4H;1-6H3/q-1;+1. The van der Waals surface area contributed by atoms with Crippen molar-refractivity contribution in [1.29, 1.82) is 0 Å². The second-order valence-corrected chi connectivity index (χ2v) is 12.6. The number of quaternary nitrogens is 1. The topological polar surface area (TPSA) is 0 Å². The van der Waals surface area contributed by atoms with Crippen LogP contribution < -0.4 is 21.9 Å². The lowest BCUT2D eigenvalue weighted by Gasteiger charge is -2.44. The molecule has 49 heavy (non-hydrogen) atoms. The molecular weight excluding hydrogens is 701 g/mol. The zero-order valence-electron chi connectivity index (χ0n) is 25.9. The van der Waals surface area contributed by atoms with Crippen LogP contribution in [0.5, 0.6) is 0 Å². The fourth-order valence-electron chi connectivity index (χ4n) is 4.77. The van der Waals surface area contributed by atoms with E-state index in [1.165, 1.54) is 0 Å². The summed E-state index contributed by atoms with van der Waals surface area (Å²) in [5.74, 6) is -45.1. The van der Waals surface area contributed by atoms with Gasteiger partial charge in [0.1, 0.15) is 29.4 Å². The second kappa shape index (κ2) is 13.2. The highest BCUT2D eigenvalue weighted by Crippen LogP contribution is 2.27. The van der Waals surface area contributed by atoms with Gasteiger partial charge in [0.15, 0.2) is 46.5 Å². The molecule has 0 saturated heterocycles. The molecule has 4 rings (SSSR count). The maximum Gasteiger partial charge on any atom is 0.191 e. The average molecular weight is 723 g/mol. The normalized spacial score (nSPS) is 12.3. The quantitative estimate of drug-likeness (QED) is 0.0717. The van der Waals surface area contributed by atoms with Crippen LogP contribution in [0.25, 0.3) is 0 Å². The molecule has 0 aromatic heterocycles. The van der Waals surface area contributed by atoms with E-state index in [1.54, 1.807) is 0 Å². The Morgan fingerprint density at radius 2 is 0.510 bits per heavy atom. The summed E-state index contributed by atoms with van der Waals surface area (Å²) in [5.41, 5.74) is -10.6. The van der Waals surface area contributed by atoms with E-state index in [1.807, 2.05) is 0 Å². The second-order valence-electron chi connectivity index (χ2n) is 12.6. The Morgan fingerprint density at radius 1 is 0.347 bits per heavy atom. The van der Waals surface area contributed by atoms with Gasteiger partial charge in [0.05, 0.1) is 50.0 Å². The SMILES string of the molecule is CC(C)(C)[N+](C)(C)C.Fc1cc(F)c([B-](c2c(F)cc(F)c(F)c2F)(c2c(F)cc(F)c(F)c2F)c2c(F)cc(F)c(F)c2F)c(F)c1F. The van der Waals surface area contributed by atoms with Crippen molar-refractivity contribution in [3.8, 4) is 0 Å². The minimum Gasteiger partial charge on any atom is -0.327 e. The lowest BCUT2D eigenvalue weighted by atomic mass is 9.12. The predicted molar refractivity (Wildman–Crippen MR) is 147 cm³/mol. The lowest BCUT2D eigenvalue weighted by Crippen LogP contribution is -2.80. The Labute approximate surface area is 267 Å². The van der Waals surface area contributed by atoms with Gasteiger partial charge in [-0.15, -0.1) is 21.9 Å². The highest BCUT2D eigenvalue weighted by atomic mass is 19.2. The van der Waals surface area contributed by atoms with Crippen molar-refractivity contribution in [3.05, 3.63) is 117 Å². The zero-order chi connectivity index (χ0) is 37.9. The van der Waals surface area contributed by atoms with Crippen LogP contribution in [0.3, 0.4) is 0 Å². The molecule has 0 aliphatic rings. The molecule has 0 bridgehead atoms. The molecule has 0 unspecified atom stereocenters. The Bertz CT molecular complexity index is 1690. The van der Waals surface area contributed by atoms with Crippen molar-refractivity contribution < 1.29 is 74.7 Å². The van der Waals surface area contributed by atoms with Crippen LogP contribution >= 0.6 is 0 Å². The highest BCUT2D eigenvalue weighted by molar-refractivity contribution is 7.20. The molecule has 4 aromatic rings. The Morgan fingerprint density at radius 3 is 0.653 bits per heavy atom. The van der Waals surface area contributed by atoms with Crippen molar-refractivity contribution in [2.24, 2.45) is 0 Å². The van der Waals surface area contributed by atoms with E-state index in [-0.39, 0.29) is 0 Å². The first-order chi connectivity index (χ1) is 22.2. The Kier molecular flexibility index (Phi) is 10.6. The number of hydrogen-bond donors (Lipinski definition) is 0. The van der Waals surface area contributed by atoms with Crippen molar-refractivity contribution in [2.45, 2.75) is 26.3 Å². The molecule has 18 heteroatoms. The van der Waals surface area contributed by atoms with Gasteiger partial charge < -0.3 is 4.48 Å². The zero-order valence-corrected chi connectivity index (χ0v) is 25.9. The maximum atomic E-state index is 15.3. The van der Waals surface area contributed by atoms with Crippen LogP contribution in [0.1, 0.15) is 20.8 Å². The van der Waals surface area contributed by atoms with E-state index < -0.39 is 145 Å². The summed E-state index contributed by atoms with van der Waals surface area (Å²) >= 11 is 0. The monoisotopic (exact) mass is 723 g/mol. The Balaban J connectivity index is 0.000000723. The minimum atomic E-state index is -6.18. The van der Waals surface area contributed by atoms with Gasteiger partial charge in [-0.25, -0.2) is 70.2 Å². The average Bonchev–Trinajstić information content (AvgIpc) is 2.95. The van der Waals surface area contributed by atoms with Gasteiger partial charge in [0.2, 0.25) is 0 Å². The summed E-state index contributed by atoms with van der Waals surface area (Å²) < 4.78 is 236. The molecule has 0 fully saturated rings. The van der Waals surface area contributed by atoms with Gasteiger partial charge in [-0.05, 0) is 20.8 Å². The molecule has 4 aromatic carbocycles. The van der Waals surface area contributed by atoms with E-state index >= 15 is 35.1 Å². The maximum absolute atomic E-state index is 15.3. The first-order valence-corrected chi connectivity index (χ1v) is 13.6. The first-order valence-electron chi connectivity index (χ1n) is 13.6. The third-order valence-corrected chi connectivity index (χ3v) is 8.34. The van der Waals surface area contributed by atoms with Crippen molar-refractivity contribution in [2.75, 3.05) is 21.1 Å². The summed E-state index contributed by atoms with van der Waals surface area (Å²) in [7, 11) is 6.62. The van der Waals surface area contributed by atoms with Crippen LogP contribution in [0.2, 0.25) is 0 Å². The van der Waals surface area contributed by atoms with Crippen LogP contribution in [-0.2, 0) is 0 Å². The molecular formula is C31H22BF16N. The van der Waals surface area contributed by atoms with Gasteiger partial charge in [0, 0.05) is 24.3 Å². The molecule has 0 amide bonds. The van der Waals surface area contributed by atoms with Gasteiger partial charge in [-0.3, -0.25) is 0 Å². The summed E-state index contributed by atoms with van der Waals surface area (Å²) in [6.45, 7) is 6.73. The molecule has 266 valence electrons. The molecule has 0 heterocycles. The number of benzene rings is 4. The van der Waals surface area contributed by atoms with Crippen LogP contribution in [0.15, 0.2) is 24.3 Å². The van der Waals surface area contributed by atoms with E-state index in [0.29, 0.717) is 5.54 Å². The summed E-state index contributed by atoms with van der Waals surface area (Å²) in [6, 6.07) is -2.92. The first kappa shape index (κ1) is 39.2. The highest BCUT2D eigenvalue weighted by Gasteiger charge is 2.49. The molecule has 0 spiro atoms. The van der Waals surface area contributed by atoms with Crippen molar-refractivity contribution >= 4 is 28.0 Å². The van der Waals surface area contributed by atoms with Gasteiger partial charge >= 0.3 is 0 Å². The summed E-state index contributed by atoms with van der Waals surface area (Å²) in [6.07, 6.45) is -6.18. The molecule has 1 nitrogen and oxygen atoms in total. The van der Waals surface area contributed by atoms with Gasteiger partial charge in [-0.1, -0.05) is 0 Å². The molecule has 0 radical (unpaired) electrons. The van der Waals surface area contributed by atoms with E-state index in [0.717, 1.165) is 4.48 Å². The fraction of sp³-hybridized carbons (Fsp3) is 0.226. The lowest BCUT2D eigenvalue weighted by molar-refractivity contribution is -0.917. The minimum absolute atomic E-state index is 0.375. The molecule has 0 atom stereocenters. The third kappa shape index (κ3) is 6.46. The number of hydrogen-bond acceptors (Lipinski definition) is 0. The number of nitrogens with zero attached hydrogens (tertiary/aromatic N) is 1. The van der Waals surface area contributed by atoms with E-state index in [9.17, 15) is 35.1 Å². The predicted octanol–water partition coefficient (Wildman–Crippen LogP) is 6.78. The molecule has 0 aliphatic carbocycles. The largest absolute Gasteiger partial charge is 0.327 e. The number of halogens is 16. The van der Waals surface area contributed by atoms with Crippen LogP contribution in [0, 0.1) is 93.1 Å². The summed E-state index contributed by atoms with van der Waals surface area (Å²) in [4.78, 5) is 0. The van der Waals surface area contributed by atoms with Gasteiger partial charge in [0.25, 0.3) is 0 Å². The van der Waals surface area contributed by atoms with Gasteiger partial charge in [-0.2, -0.15) is 0 Å². The molecule has 0 saturated carbocycles. The Hall–Kier alpha value is -4.22. The van der Waals surface area contributed by atoms with Crippen molar-refractivity contribution in [3.63, 3.8) is 0 Å². The smallest absolute Gasteiger partial charge is 0.191 e. The van der Waals surface area contributed by atoms with Crippen LogP contribution in [0.4, 0.5) is 70.2 Å². The van der Waals surface area contributed by atoms with E-state index in [4.69, 9.17) is 0 Å². The van der Waals surface area contributed by atoms with Crippen LogP contribution in [-0.4, -0.2) is 37.3 Å².